The van der Waals surface area contributed by atoms with Gasteiger partial charge in [0.15, 0.2) is 0 Å². The van der Waals surface area contributed by atoms with Crippen molar-refractivity contribution in [2.24, 2.45) is 0 Å². The number of nitrogens with one attached hydrogen (secondary N) is 2. The van der Waals surface area contributed by atoms with Crippen LogP contribution >= 0.6 is 28.7 Å². The third-order valence-corrected chi connectivity index (χ3v) is 3.89. The Labute approximate surface area is 132 Å². The molecule has 2 rings (SSSR count). The van der Waals surface area contributed by atoms with E-state index >= 15 is 0 Å². The highest BCUT2D eigenvalue weighted by molar-refractivity contribution is 9.10. The lowest BCUT2D eigenvalue weighted by molar-refractivity contribution is 0.216. The maximum Gasteiger partial charge on any atom is 0.332 e. The maximum atomic E-state index is 11.9. The molecule has 1 aliphatic heterocycles. The number of piperazine rings is 1. The van der Waals surface area contributed by atoms with E-state index in [-0.39, 0.29) is 6.03 Å². The van der Waals surface area contributed by atoms with Gasteiger partial charge in [0, 0.05) is 49.9 Å². The lowest BCUT2D eigenvalue weighted by Gasteiger charge is -2.28. The number of thiol groups is 1. The molecule has 0 bridgehead atoms. The summed E-state index contributed by atoms with van der Waals surface area (Å²) in [5.41, 5.74) is 0. The number of urea groups is 1. The summed E-state index contributed by atoms with van der Waals surface area (Å²) in [6.07, 6.45) is 1.64. The number of halogens is 1. The number of anilines is 1. The summed E-state index contributed by atoms with van der Waals surface area (Å²) in [5.74, 6) is 0.513. The highest BCUT2D eigenvalue weighted by Crippen LogP contribution is 2.11. The fourth-order valence-electron chi connectivity index (χ4n) is 1.90. The van der Waals surface area contributed by atoms with Gasteiger partial charge in [-0.15, -0.1) is 0 Å². The smallest absolute Gasteiger partial charge is 0.314 e. The van der Waals surface area contributed by atoms with Crippen LogP contribution in [0, 0.1) is 0 Å². The zero-order valence-electron chi connectivity index (χ0n) is 11.0. The van der Waals surface area contributed by atoms with Crippen molar-refractivity contribution in [2.75, 3.05) is 44.6 Å². The Morgan fingerprint density at radius 2 is 2.25 bits per heavy atom. The van der Waals surface area contributed by atoms with Crippen LogP contribution in [0.4, 0.5) is 10.6 Å². The molecule has 20 heavy (non-hydrogen) atoms. The van der Waals surface area contributed by atoms with Gasteiger partial charge >= 0.3 is 6.03 Å². The van der Waals surface area contributed by atoms with E-state index in [0.29, 0.717) is 12.4 Å². The molecule has 1 aliphatic rings. The topological polar surface area (TPSA) is 60.5 Å². The van der Waals surface area contributed by atoms with E-state index < -0.39 is 0 Å². The number of amides is 2. The van der Waals surface area contributed by atoms with Gasteiger partial charge in [-0.05, 0) is 28.1 Å². The van der Waals surface area contributed by atoms with Gasteiger partial charge in [-0.3, -0.25) is 14.5 Å². The number of rotatable bonds is 4. The number of aromatic nitrogens is 1. The number of carbonyl (C=O) groups is 1. The first kappa shape index (κ1) is 15.6. The lowest BCUT2D eigenvalue weighted by atomic mass is 10.3. The van der Waals surface area contributed by atoms with E-state index in [4.69, 9.17) is 0 Å². The number of hydrogen-bond acceptors (Lipinski definition) is 5. The van der Waals surface area contributed by atoms with Crippen molar-refractivity contribution in [2.45, 2.75) is 0 Å². The molecular formula is C12H18BrN5OS. The Morgan fingerprint density at radius 3 is 2.90 bits per heavy atom. The van der Waals surface area contributed by atoms with Crippen LogP contribution in [-0.2, 0) is 0 Å². The van der Waals surface area contributed by atoms with Crippen LogP contribution in [0.25, 0.3) is 0 Å². The molecule has 0 radical (unpaired) electrons. The van der Waals surface area contributed by atoms with Crippen molar-refractivity contribution in [1.82, 2.24) is 19.5 Å². The molecule has 1 saturated heterocycles. The largest absolute Gasteiger partial charge is 0.332 e. The molecule has 0 unspecified atom stereocenters. The average Bonchev–Trinajstić information content (AvgIpc) is 2.48. The van der Waals surface area contributed by atoms with Gasteiger partial charge in [0.2, 0.25) is 0 Å². The standard InChI is InChI=1S/C12H18BrN5OS/c13-10-1-2-11(15-9-10)16-12(19)18(20)8-7-17-5-3-14-4-6-17/h1-2,9,14,20H,3-8H2,(H,15,16,19). The van der Waals surface area contributed by atoms with Gasteiger partial charge in [-0.25, -0.2) is 9.78 Å². The van der Waals surface area contributed by atoms with Crippen LogP contribution in [0.15, 0.2) is 22.8 Å². The summed E-state index contributed by atoms with van der Waals surface area (Å²) >= 11 is 7.52. The van der Waals surface area contributed by atoms with Crippen LogP contribution in [0.2, 0.25) is 0 Å². The Morgan fingerprint density at radius 1 is 1.50 bits per heavy atom. The van der Waals surface area contributed by atoms with Crippen LogP contribution in [0.1, 0.15) is 0 Å². The summed E-state index contributed by atoms with van der Waals surface area (Å²) in [7, 11) is 0. The third-order valence-electron chi connectivity index (χ3n) is 3.03. The molecular weight excluding hydrogens is 342 g/mol. The quantitative estimate of drug-likeness (QED) is 0.711. The van der Waals surface area contributed by atoms with E-state index in [2.05, 4.69) is 49.3 Å². The van der Waals surface area contributed by atoms with Crippen molar-refractivity contribution in [1.29, 1.82) is 0 Å². The van der Waals surface area contributed by atoms with E-state index in [1.165, 1.54) is 4.31 Å². The molecule has 0 spiro atoms. The number of hydrogen-bond donors (Lipinski definition) is 3. The Hall–Kier alpha value is -0.830. The van der Waals surface area contributed by atoms with Crippen LogP contribution in [0.5, 0.6) is 0 Å². The fourth-order valence-corrected chi connectivity index (χ4v) is 2.27. The van der Waals surface area contributed by atoms with Crippen LogP contribution in [0.3, 0.4) is 0 Å². The van der Waals surface area contributed by atoms with Gasteiger partial charge in [-0.2, -0.15) is 0 Å². The molecule has 0 saturated carbocycles. The molecule has 1 aromatic heterocycles. The Balaban J connectivity index is 1.75. The van der Waals surface area contributed by atoms with Gasteiger partial charge < -0.3 is 5.32 Å². The first-order valence-corrected chi connectivity index (χ1v) is 7.66. The molecule has 8 heteroatoms. The van der Waals surface area contributed by atoms with Crippen molar-refractivity contribution >= 4 is 40.6 Å². The van der Waals surface area contributed by atoms with Crippen molar-refractivity contribution < 1.29 is 4.79 Å². The molecule has 6 nitrogen and oxygen atoms in total. The molecule has 1 aromatic rings. The van der Waals surface area contributed by atoms with Gasteiger partial charge in [0.05, 0.1) is 0 Å². The predicted octanol–water partition coefficient (Wildman–Crippen LogP) is 1.43. The SMILES string of the molecule is O=C(Nc1ccc(Br)cn1)N(S)CCN1CCNCC1. The minimum absolute atomic E-state index is 0.265. The van der Waals surface area contributed by atoms with Crippen LogP contribution in [-0.4, -0.2) is 59.5 Å². The second-order valence-electron chi connectivity index (χ2n) is 4.51. The number of nitrogens with zero attached hydrogens (tertiary/aromatic N) is 3. The predicted molar refractivity (Wildman–Crippen MR) is 86.0 cm³/mol. The molecule has 0 atom stereocenters. The highest BCUT2D eigenvalue weighted by atomic mass is 79.9. The molecule has 110 valence electrons. The van der Waals surface area contributed by atoms with Gasteiger partial charge in [0.1, 0.15) is 5.82 Å². The number of pyridine rings is 1. The summed E-state index contributed by atoms with van der Waals surface area (Å²) in [5, 5.41) is 6.00. The monoisotopic (exact) mass is 359 g/mol. The summed E-state index contributed by atoms with van der Waals surface area (Å²) < 4.78 is 2.25. The highest BCUT2D eigenvalue weighted by Gasteiger charge is 2.14. The van der Waals surface area contributed by atoms with E-state index in [1.807, 2.05) is 6.07 Å². The molecule has 2 amide bonds. The Kier molecular flexibility index (Phi) is 6.08. The molecule has 2 heterocycles. The van der Waals surface area contributed by atoms with Gasteiger partial charge in [0.25, 0.3) is 0 Å². The minimum atomic E-state index is -0.265. The zero-order valence-corrected chi connectivity index (χ0v) is 13.5. The fraction of sp³-hybridized carbons (Fsp3) is 0.500. The Bertz CT molecular complexity index is 438. The first-order valence-electron chi connectivity index (χ1n) is 6.47. The normalized spacial score (nSPS) is 15.9. The van der Waals surface area contributed by atoms with E-state index in [1.54, 1.807) is 12.3 Å². The van der Waals surface area contributed by atoms with Crippen molar-refractivity contribution in [3.63, 3.8) is 0 Å². The molecule has 1 fully saturated rings. The summed E-state index contributed by atoms with van der Waals surface area (Å²) in [6.45, 7) is 5.43. The summed E-state index contributed by atoms with van der Waals surface area (Å²) in [6, 6.07) is 3.30. The number of carbonyl (C=O) groups excluding carboxylic acids is 1. The second kappa shape index (κ2) is 7.82. The molecule has 2 N–H and O–H groups in total. The van der Waals surface area contributed by atoms with E-state index in [0.717, 1.165) is 37.2 Å². The zero-order chi connectivity index (χ0) is 14.4. The third kappa shape index (κ3) is 4.93. The van der Waals surface area contributed by atoms with E-state index in [9.17, 15) is 4.79 Å². The second-order valence-corrected chi connectivity index (χ2v) is 5.91. The first-order chi connectivity index (χ1) is 9.65. The maximum absolute atomic E-state index is 11.9. The van der Waals surface area contributed by atoms with Gasteiger partial charge in [-0.1, -0.05) is 12.8 Å². The van der Waals surface area contributed by atoms with Crippen LogP contribution < -0.4 is 10.6 Å². The molecule has 0 aromatic carbocycles. The average molecular weight is 360 g/mol. The molecule has 0 aliphatic carbocycles. The van der Waals surface area contributed by atoms with Crippen molar-refractivity contribution in [3.8, 4) is 0 Å². The van der Waals surface area contributed by atoms with Crippen molar-refractivity contribution in [3.05, 3.63) is 22.8 Å². The minimum Gasteiger partial charge on any atom is -0.314 e. The lowest BCUT2D eigenvalue weighted by Crippen LogP contribution is -2.46. The summed E-state index contributed by atoms with van der Waals surface area (Å²) in [4.78, 5) is 18.3.